The van der Waals surface area contributed by atoms with Gasteiger partial charge in [0, 0.05) is 6.07 Å². The van der Waals surface area contributed by atoms with Crippen molar-refractivity contribution in [1.82, 2.24) is 14.1 Å². The Morgan fingerprint density at radius 2 is 1.92 bits per heavy atom. The van der Waals surface area contributed by atoms with Crippen molar-refractivity contribution in [3.8, 4) is 0 Å². The molecule has 8 nitrogen and oxygen atoms in total. The van der Waals surface area contributed by atoms with Gasteiger partial charge in [0.2, 0.25) is 5.91 Å². The SMILES string of the molecule is O=C(CN1C(=O)c2ccccc2S1(=O)=O)Nc1ccnn1C1CCCC1. The maximum absolute atomic E-state index is 12.5. The first-order chi connectivity index (χ1) is 12.5. The Bertz CT molecular complexity index is 976. The largest absolute Gasteiger partial charge is 0.309 e. The summed E-state index contributed by atoms with van der Waals surface area (Å²) in [4.78, 5) is 24.7. The second kappa shape index (κ2) is 6.24. The lowest BCUT2D eigenvalue weighted by Crippen LogP contribution is -2.37. The van der Waals surface area contributed by atoms with Crippen LogP contribution in [0.2, 0.25) is 0 Å². The minimum Gasteiger partial charge on any atom is -0.309 e. The highest BCUT2D eigenvalue weighted by molar-refractivity contribution is 7.90. The third kappa shape index (κ3) is 2.68. The number of rotatable bonds is 4. The molecule has 0 unspecified atom stereocenters. The van der Waals surface area contributed by atoms with Crippen LogP contribution >= 0.6 is 0 Å². The molecule has 2 aliphatic rings. The third-order valence-corrected chi connectivity index (χ3v) is 6.59. The molecule has 2 aromatic rings. The third-order valence-electron chi connectivity index (χ3n) is 4.81. The molecule has 0 spiro atoms. The average molecular weight is 374 g/mol. The molecule has 1 aliphatic heterocycles. The fourth-order valence-corrected chi connectivity index (χ4v) is 5.08. The lowest BCUT2D eigenvalue weighted by molar-refractivity contribution is -0.116. The van der Waals surface area contributed by atoms with Crippen molar-refractivity contribution in [3.05, 3.63) is 42.1 Å². The van der Waals surface area contributed by atoms with E-state index in [-0.39, 0.29) is 16.5 Å². The number of nitrogens with zero attached hydrogens (tertiary/aromatic N) is 3. The maximum Gasteiger partial charge on any atom is 0.269 e. The molecule has 0 saturated heterocycles. The van der Waals surface area contributed by atoms with E-state index in [9.17, 15) is 18.0 Å². The Labute approximate surface area is 150 Å². The molecule has 1 N–H and O–H groups in total. The van der Waals surface area contributed by atoms with E-state index < -0.39 is 28.4 Å². The zero-order chi connectivity index (χ0) is 18.3. The summed E-state index contributed by atoms with van der Waals surface area (Å²) < 4.78 is 27.4. The summed E-state index contributed by atoms with van der Waals surface area (Å²) in [5.74, 6) is -0.738. The van der Waals surface area contributed by atoms with Gasteiger partial charge in [-0.25, -0.2) is 17.4 Å². The topological polar surface area (TPSA) is 101 Å². The van der Waals surface area contributed by atoms with Crippen molar-refractivity contribution >= 4 is 27.7 Å². The smallest absolute Gasteiger partial charge is 0.269 e. The number of aromatic nitrogens is 2. The van der Waals surface area contributed by atoms with Crippen LogP contribution in [-0.2, 0) is 14.8 Å². The lowest BCUT2D eigenvalue weighted by atomic mass is 10.2. The van der Waals surface area contributed by atoms with E-state index in [4.69, 9.17) is 0 Å². The molecule has 136 valence electrons. The monoisotopic (exact) mass is 374 g/mol. The number of anilines is 1. The number of hydrogen-bond donors (Lipinski definition) is 1. The summed E-state index contributed by atoms with van der Waals surface area (Å²) in [7, 11) is -3.99. The van der Waals surface area contributed by atoms with Gasteiger partial charge in [-0.05, 0) is 25.0 Å². The van der Waals surface area contributed by atoms with Crippen molar-refractivity contribution in [2.45, 2.75) is 36.6 Å². The van der Waals surface area contributed by atoms with Gasteiger partial charge in [-0.15, -0.1) is 0 Å². The van der Waals surface area contributed by atoms with Crippen molar-refractivity contribution in [1.29, 1.82) is 0 Å². The van der Waals surface area contributed by atoms with E-state index in [0.717, 1.165) is 25.7 Å². The van der Waals surface area contributed by atoms with Gasteiger partial charge >= 0.3 is 0 Å². The van der Waals surface area contributed by atoms with Crippen LogP contribution in [0.5, 0.6) is 0 Å². The molecule has 1 aromatic heterocycles. The standard InChI is InChI=1S/C17H18N4O4S/c22-16(19-15-9-10-18-21(15)12-5-1-2-6-12)11-20-17(23)13-7-3-4-8-14(13)26(20,24)25/h3-4,7-10,12H,1-2,5-6,11H2,(H,19,22). The molecule has 1 fully saturated rings. The number of amides is 2. The molecule has 1 aromatic carbocycles. The van der Waals surface area contributed by atoms with Crippen LogP contribution in [-0.4, -0.2) is 40.9 Å². The highest BCUT2D eigenvalue weighted by Crippen LogP contribution is 2.32. The highest BCUT2D eigenvalue weighted by atomic mass is 32.2. The first-order valence-electron chi connectivity index (χ1n) is 8.48. The fraction of sp³-hybridized carbons (Fsp3) is 0.353. The predicted octanol–water partition coefficient (Wildman–Crippen LogP) is 1.78. The zero-order valence-corrected chi connectivity index (χ0v) is 14.8. The summed E-state index contributed by atoms with van der Waals surface area (Å²) in [5.41, 5.74) is 0.0938. The summed E-state index contributed by atoms with van der Waals surface area (Å²) in [6.45, 7) is -0.564. The molecule has 2 amide bonds. The minimum absolute atomic E-state index is 0.0613. The lowest BCUT2D eigenvalue weighted by Gasteiger charge is -2.17. The normalized spacial score (nSPS) is 18.9. The van der Waals surface area contributed by atoms with Crippen LogP contribution < -0.4 is 5.32 Å². The number of carbonyl (C=O) groups is 2. The molecule has 9 heteroatoms. The Balaban J connectivity index is 1.52. The summed E-state index contributed by atoms with van der Waals surface area (Å²) in [6.07, 6.45) is 5.84. The van der Waals surface area contributed by atoms with E-state index in [1.807, 2.05) is 0 Å². The van der Waals surface area contributed by atoms with Crippen molar-refractivity contribution < 1.29 is 18.0 Å². The Hall–Kier alpha value is -2.68. The number of hydrogen-bond acceptors (Lipinski definition) is 5. The molecule has 0 atom stereocenters. The highest BCUT2D eigenvalue weighted by Gasteiger charge is 2.41. The Morgan fingerprint density at radius 3 is 2.65 bits per heavy atom. The van der Waals surface area contributed by atoms with Gasteiger partial charge < -0.3 is 5.32 Å². The summed E-state index contributed by atoms with van der Waals surface area (Å²) >= 11 is 0. The van der Waals surface area contributed by atoms with Crippen molar-refractivity contribution in [2.75, 3.05) is 11.9 Å². The molecular formula is C17H18N4O4S. The molecule has 4 rings (SSSR count). The molecule has 1 saturated carbocycles. The summed E-state index contributed by atoms with van der Waals surface area (Å²) in [6, 6.07) is 7.87. The minimum atomic E-state index is -3.99. The van der Waals surface area contributed by atoms with Gasteiger partial charge in [0.25, 0.3) is 15.9 Å². The van der Waals surface area contributed by atoms with E-state index in [0.29, 0.717) is 10.1 Å². The second-order valence-corrected chi connectivity index (χ2v) is 8.29. The fourth-order valence-electron chi connectivity index (χ4n) is 3.55. The molecule has 0 radical (unpaired) electrons. The number of sulfonamides is 1. The first kappa shape index (κ1) is 16.8. The van der Waals surface area contributed by atoms with E-state index in [2.05, 4.69) is 10.4 Å². The maximum atomic E-state index is 12.5. The van der Waals surface area contributed by atoms with Gasteiger partial charge in [-0.3, -0.25) is 9.59 Å². The summed E-state index contributed by atoms with van der Waals surface area (Å²) in [5, 5.41) is 6.94. The average Bonchev–Trinajstić information content (AvgIpc) is 3.33. The van der Waals surface area contributed by atoms with Crippen LogP contribution in [0.4, 0.5) is 5.82 Å². The molecule has 1 aliphatic carbocycles. The Morgan fingerprint density at radius 1 is 1.19 bits per heavy atom. The van der Waals surface area contributed by atoms with Gasteiger partial charge in [0.1, 0.15) is 17.3 Å². The number of benzene rings is 1. The quantitative estimate of drug-likeness (QED) is 0.879. The molecule has 0 bridgehead atoms. The van der Waals surface area contributed by atoms with E-state index in [1.54, 1.807) is 29.1 Å². The van der Waals surface area contributed by atoms with Crippen LogP contribution in [0.1, 0.15) is 42.1 Å². The predicted molar refractivity (Wildman–Crippen MR) is 93.0 cm³/mol. The molecular weight excluding hydrogens is 356 g/mol. The first-order valence-corrected chi connectivity index (χ1v) is 9.92. The van der Waals surface area contributed by atoms with Crippen LogP contribution in [0.15, 0.2) is 41.4 Å². The van der Waals surface area contributed by atoms with Gasteiger partial charge in [0.05, 0.1) is 17.8 Å². The molecule has 2 heterocycles. The Kier molecular flexibility index (Phi) is 4.03. The van der Waals surface area contributed by atoms with Gasteiger partial charge in [-0.2, -0.15) is 5.10 Å². The van der Waals surface area contributed by atoms with Crippen LogP contribution in [0.25, 0.3) is 0 Å². The second-order valence-electron chi connectivity index (χ2n) is 6.46. The van der Waals surface area contributed by atoms with E-state index >= 15 is 0 Å². The number of carbonyl (C=O) groups excluding carboxylic acids is 2. The van der Waals surface area contributed by atoms with Gasteiger partial charge in [-0.1, -0.05) is 25.0 Å². The molecule has 26 heavy (non-hydrogen) atoms. The van der Waals surface area contributed by atoms with Crippen LogP contribution in [0.3, 0.4) is 0 Å². The van der Waals surface area contributed by atoms with E-state index in [1.165, 1.54) is 12.1 Å². The zero-order valence-electron chi connectivity index (χ0n) is 14.0. The van der Waals surface area contributed by atoms with Crippen LogP contribution in [0, 0.1) is 0 Å². The number of nitrogens with one attached hydrogen (secondary N) is 1. The van der Waals surface area contributed by atoms with Crippen molar-refractivity contribution in [2.24, 2.45) is 0 Å². The van der Waals surface area contributed by atoms with Crippen molar-refractivity contribution in [3.63, 3.8) is 0 Å². The van der Waals surface area contributed by atoms with Gasteiger partial charge in [0.15, 0.2) is 0 Å². The number of fused-ring (bicyclic) bond motifs is 1.